The molecule has 2 rings (SSSR count). The highest BCUT2D eigenvalue weighted by molar-refractivity contribution is 5.90. The molecule has 2 amide bonds. The van der Waals surface area contributed by atoms with E-state index in [1.54, 1.807) is 32.6 Å². The number of likely N-dealkylation sites (tertiary alicyclic amines) is 1. The van der Waals surface area contributed by atoms with E-state index in [0.29, 0.717) is 13.1 Å². The summed E-state index contributed by atoms with van der Waals surface area (Å²) in [5.74, 6) is -0.398. The number of nitrogens with one attached hydrogen (secondary N) is 2. The molecule has 126 valence electrons. The third-order valence-corrected chi connectivity index (χ3v) is 4.64. The van der Waals surface area contributed by atoms with Crippen molar-refractivity contribution in [1.82, 2.24) is 15.5 Å². The standard InChI is InChI=1S/C16H29N3O3/c1-11(20)12(18-14(22)15(2,3)4)13(21)19-9-16(10-19)6-5-7-17-8-16/h11-12,17,20H,5-10H2,1-4H3,(H,18,22). The minimum absolute atomic E-state index is 0.177. The minimum atomic E-state index is -0.903. The summed E-state index contributed by atoms with van der Waals surface area (Å²) in [6.45, 7) is 10.3. The Balaban J connectivity index is 1.95. The summed E-state index contributed by atoms with van der Waals surface area (Å²) in [7, 11) is 0. The first-order valence-electron chi connectivity index (χ1n) is 8.13. The molecule has 2 atom stereocenters. The van der Waals surface area contributed by atoms with Crippen LogP contribution in [0.25, 0.3) is 0 Å². The van der Waals surface area contributed by atoms with Gasteiger partial charge in [-0.2, -0.15) is 0 Å². The summed E-state index contributed by atoms with van der Waals surface area (Å²) in [5, 5.41) is 16.0. The normalized spacial score (nSPS) is 23.6. The SMILES string of the molecule is CC(O)C(NC(=O)C(C)(C)C)C(=O)N1CC2(CCCNC2)C1. The maximum atomic E-state index is 12.6. The topological polar surface area (TPSA) is 81.7 Å². The van der Waals surface area contributed by atoms with Crippen molar-refractivity contribution in [3.63, 3.8) is 0 Å². The summed E-state index contributed by atoms with van der Waals surface area (Å²) in [6, 6.07) is -0.861. The molecule has 2 aliphatic rings. The van der Waals surface area contributed by atoms with E-state index in [9.17, 15) is 14.7 Å². The fourth-order valence-electron chi connectivity index (χ4n) is 3.16. The fraction of sp³-hybridized carbons (Fsp3) is 0.875. The van der Waals surface area contributed by atoms with Crippen molar-refractivity contribution in [2.24, 2.45) is 10.8 Å². The van der Waals surface area contributed by atoms with Crippen molar-refractivity contribution in [3.05, 3.63) is 0 Å². The van der Waals surface area contributed by atoms with Crippen LogP contribution >= 0.6 is 0 Å². The zero-order chi connectivity index (χ0) is 16.5. The Morgan fingerprint density at radius 2 is 1.95 bits per heavy atom. The number of rotatable bonds is 3. The van der Waals surface area contributed by atoms with E-state index in [1.807, 2.05) is 0 Å². The van der Waals surface area contributed by atoms with Crippen molar-refractivity contribution < 1.29 is 14.7 Å². The molecule has 0 aromatic heterocycles. The van der Waals surface area contributed by atoms with Crippen LogP contribution in [0.4, 0.5) is 0 Å². The molecule has 0 aliphatic carbocycles. The van der Waals surface area contributed by atoms with Crippen LogP contribution in [-0.2, 0) is 9.59 Å². The highest BCUT2D eigenvalue weighted by atomic mass is 16.3. The number of nitrogens with zero attached hydrogens (tertiary/aromatic N) is 1. The van der Waals surface area contributed by atoms with Gasteiger partial charge in [0.1, 0.15) is 6.04 Å². The molecule has 1 spiro atoms. The van der Waals surface area contributed by atoms with Gasteiger partial charge in [-0.15, -0.1) is 0 Å². The molecule has 0 saturated carbocycles. The molecule has 6 nitrogen and oxygen atoms in total. The number of aliphatic hydroxyl groups is 1. The molecule has 22 heavy (non-hydrogen) atoms. The van der Waals surface area contributed by atoms with Gasteiger partial charge in [0.15, 0.2) is 0 Å². The van der Waals surface area contributed by atoms with Gasteiger partial charge in [-0.25, -0.2) is 0 Å². The number of carbonyl (C=O) groups is 2. The molecule has 0 radical (unpaired) electrons. The van der Waals surface area contributed by atoms with E-state index in [-0.39, 0.29) is 17.2 Å². The average molecular weight is 311 g/mol. The van der Waals surface area contributed by atoms with Crippen molar-refractivity contribution in [3.8, 4) is 0 Å². The summed E-state index contributed by atoms with van der Waals surface area (Å²) < 4.78 is 0. The largest absolute Gasteiger partial charge is 0.391 e. The first-order valence-corrected chi connectivity index (χ1v) is 8.13. The zero-order valence-corrected chi connectivity index (χ0v) is 14.1. The lowest BCUT2D eigenvalue weighted by molar-refractivity contribution is -0.152. The van der Waals surface area contributed by atoms with Crippen molar-refractivity contribution >= 4 is 11.8 Å². The van der Waals surface area contributed by atoms with Crippen LogP contribution in [0, 0.1) is 10.8 Å². The van der Waals surface area contributed by atoms with Crippen LogP contribution in [0.3, 0.4) is 0 Å². The number of amides is 2. The molecule has 2 aliphatic heterocycles. The Hall–Kier alpha value is -1.14. The highest BCUT2D eigenvalue weighted by Crippen LogP contribution is 2.36. The van der Waals surface area contributed by atoms with Crippen LogP contribution in [0.5, 0.6) is 0 Å². The number of piperidine rings is 1. The molecular formula is C16H29N3O3. The molecule has 0 aromatic rings. The Labute approximate surface area is 132 Å². The highest BCUT2D eigenvalue weighted by Gasteiger charge is 2.47. The Morgan fingerprint density at radius 1 is 1.32 bits per heavy atom. The van der Waals surface area contributed by atoms with Gasteiger partial charge >= 0.3 is 0 Å². The predicted molar refractivity (Wildman–Crippen MR) is 84.2 cm³/mol. The fourth-order valence-corrected chi connectivity index (χ4v) is 3.16. The van der Waals surface area contributed by atoms with Crippen LogP contribution in [-0.4, -0.2) is 60.1 Å². The van der Waals surface area contributed by atoms with E-state index in [1.165, 1.54) is 0 Å². The van der Waals surface area contributed by atoms with E-state index < -0.39 is 17.6 Å². The summed E-state index contributed by atoms with van der Waals surface area (Å²) in [6.07, 6.45) is 1.37. The monoisotopic (exact) mass is 311 g/mol. The molecule has 2 fully saturated rings. The third-order valence-electron chi connectivity index (χ3n) is 4.64. The van der Waals surface area contributed by atoms with E-state index in [0.717, 1.165) is 25.9 Å². The maximum Gasteiger partial charge on any atom is 0.247 e. The number of hydrogen-bond donors (Lipinski definition) is 3. The minimum Gasteiger partial charge on any atom is -0.391 e. The summed E-state index contributed by atoms with van der Waals surface area (Å²) in [5.41, 5.74) is -0.387. The molecule has 3 N–H and O–H groups in total. The van der Waals surface area contributed by atoms with E-state index in [4.69, 9.17) is 0 Å². The lowest BCUT2D eigenvalue weighted by Crippen LogP contribution is -2.67. The number of carbonyl (C=O) groups excluding carboxylic acids is 2. The molecule has 2 unspecified atom stereocenters. The number of hydrogen-bond acceptors (Lipinski definition) is 4. The smallest absolute Gasteiger partial charge is 0.247 e. The molecule has 0 aromatic carbocycles. The Bertz CT molecular complexity index is 428. The van der Waals surface area contributed by atoms with Gasteiger partial charge < -0.3 is 20.6 Å². The second kappa shape index (κ2) is 6.16. The van der Waals surface area contributed by atoms with Crippen LogP contribution in [0.15, 0.2) is 0 Å². The van der Waals surface area contributed by atoms with Crippen LogP contribution < -0.4 is 10.6 Å². The third kappa shape index (κ3) is 3.60. The molecule has 6 heteroatoms. The first-order chi connectivity index (χ1) is 10.1. The predicted octanol–water partition coefficient (Wildman–Crippen LogP) is 0.110. The van der Waals surface area contributed by atoms with Crippen LogP contribution in [0.1, 0.15) is 40.5 Å². The van der Waals surface area contributed by atoms with Crippen molar-refractivity contribution in [2.45, 2.75) is 52.7 Å². The lowest BCUT2D eigenvalue weighted by atomic mass is 9.73. The van der Waals surface area contributed by atoms with Gasteiger partial charge in [0.25, 0.3) is 0 Å². The van der Waals surface area contributed by atoms with Gasteiger partial charge in [0.2, 0.25) is 11.8 Å². The molecule has 2 saturated heterocycles. The van der Waals surface area contributed by atoms with Crippen LogP contribution in [0.2, 0.25) is 0 Å². The van der Waals surface area contributed by atoms with Gasteiger partial charge in [-0.1, -0.05) is 20.8 Å². The zero-order valence-electron chi connectivity index (χ0n) is 14.1. The second-order valence-corrected chi connectivity index (χ2v) is 7.92. The maximum absolute atomic E-state index is 12.6. The Kier molecular flexibility index (Phi) is 4.82. The molecular weight excluding hydrogens is 282 g/mol. The van der Waals surface area contributed by atoms with E-state index in [2.05, 4.69) is 10.6 Å². The van der Waals surface area contributed by atoms with Crippen molar-refractivity contribution in [2.75, 3.05) is 26.2 Å². The average Bonchev–Trinajstić information content (AvgIpc) is 2.40. The summed E-state index contributed by atoms with van der Waals surface area (Å²) in [4.78, 5) is 26.4. The van der Waals surface area contributed by atoms with Crippen molar-refractivity contribution in [1.29, 1.82) is 0 Å². The molecule has 0 bridgehead atoms. The van der Waals surface area contributed by atoms with Gasteiger partial charge in [-0.3, -0.25) is 9.59 Å². The summed E-state index contributed by atoms with van der Waals surface area (Å²) >= 11 is 0. The Morgan fingerprint density at radius 3 is 2.41 bits per heavy atom. The quantitative estimate of drug-likeness (QED) is 0.691. The molecule has 2 heterocycles. The first kappa shape index (κ1) is 17.2. The van der Waals surface area contributed by atoms with Gasteiger partial charge in [-0.05, 0) is 26.3 Å². The van der Waals surface area contributed by atoms with E-state index >= 15 is 0 Å². The lowest BCUT2D eigenvalue weighted by Gasteiger charge is -2.53. The second-order valence-electron chi connectivity index (χ2n) is 7.92. The number of aliphatic hydroxyl groups excluding tert-OH is 1. The van der Waals surface area contributed by atoms with Gasteiger partial charge in [0, 0.05) is 30.5 Å². The van der Waals surface area contributed by atoms with Gasteiger partial charge in [0.05, 0.1) is 6.10 Å².